The van der Waals surface area contributed by atoms with Gasteiger partial charge < -0.3 is 10.2 Å². The van der Waals surface area contributed by atoms with Crippen molar-refractivity contribution >= 4 is 11.6 Å². The lowest BCUT2D eigenvalue weighted by molar-refractivity contribution is -0.122. The van der Waals surface area contributed by atoms with Gasteiger partial charge in [-0.1, -0.05) is 17.7 Å². The molecule has 0 bridgehead atoms. The zero-order valence-electron chi connectivity index (χ0n) is 11.6. The lowest BCUT2D eigenvalue weighted by Gasteiger charge is -2.34. The fourth-order valence-corrected chi connectivity index (χ4v) is 3.24. The molecular formula is C16H22N2O. The van der Waals surface area contributed by atoms with E-state index in [1.54, 1.807) is 0 Å². The summed E-state index contributed by atoms with van der Waals surface area (Å²) in [4.78, 5) is 14.7. The predicted octanol–water partition coefficient (Wildman–Crippen LogP) is 2.27. The second kappa shape index (κ2) is 5.33. The molecule has 3 rings (SSSR count). The SMILES string of the molecule is Cc1ccc2c(c1)CCCN2C(=O)C1CCCNC1. The Hall–Kier alpha value is -1.35. The molecule has 1 fully saturated rings. The third-order valence-electron chi connectivity index (χ3n) is 4.27. The number of nitrogens with zero attached hydrogens (tertiary/aromatic N) is 1. The molecule has 3 heteroatoms. The van der Waals surface area contributed by atoms with Gasteiger partial charge in [-0.25, -0.2) is 0 Å². The summed E-state index contributed by atoms with van der Waals surface area (Å²) in [7, 11) is 0. The first-order chi connectivity index (χ1) is 9.25. The standard InChI is InChI=1S/C16H22N2O/c1-12-6-7-15-13(10-12)5-3-9-18(15)16(19)14-4-2-8-17-11-14/h6-7,10,14,17H,2-5,8-9,11H2,1H3. The van der Waals surface area contributed by atoms with Crippen molar-refractivity contribution in [3.8, 4) is 0 Å². The summed E-state index contributed by atoms with van der Waals surface area (Å²) in [6, 6.07) is 6.47. The Morgan fingerprint density at radius 1 is 1.37 bits per heavy atom. The molecule has 3 nitrogen and oxygen atoms in total. The zero-order chi connectivity index (χ0) is 13.2. The quantitative estimate of drug-likeness (QED) is 0.838. The van der Waals surface area contributed by atoms with Crippen LogP contribution in [0.5, 0.6) is 0 Å². The van der Waals surface area contributed by atoms with Crippen LogP contribution in [0.15, 0.2) is 18.2 Å². The van der Waals surface area contributed by atoms with E-state index in [0.717, 1.165) is 51.0 Å². The number of carbonyl (C=O) groups is 1. The molecule has 0 saturated carbocycles. The molecule has 2 aliphatic heterocycles. The van der Waals surface area contributed by atoms with E-state index in [1.807, 2.05) is 4.90 Å². The fourth-order valence-electron chi connectivity index (χ4n) is 3.24. The van der Waals surface area contributed by atoms with Crippen molar-refractivity contribution < 1.29 is 4.79 Å². The minimum Gasteiger partial charge on any atom is -0.316 e. The molecule has 1 saturated heterocycles. The minimum atomic E-state index is 0.168. The first kappa shape index (κ1) is 12.7. The number of benzene rings is 1. The number of rotatable bonds is 1. The maximum Gasteiger partial charge on any atom is 0.231 e. The zero-order valence-corrected chi connectivity index (χ0v) is 11.6. The van der Waals surface area contributed by atoms with Crippen LogP contribution < -0.4 is 10.2 Å². The summed E-state index contributed by atoms with van der Waals surface area (Å²) in [5.41, 5.74) is 3.77. The van der Waals surface area contributed by atoms with Gasteiger partial charge in [0.1, 0.15) is 0 Å². The largest absolute Gasteiger partial charge is 0.316 e. The van der Waals surface area contributed by atoms with Crippen LogP contribution in [0.25, 0.3) is 0 Å². The molecule has 1 aromatic carbocycles. The molecule has 2 heterocycles. The number of anilines is 1. The van der Waals surface area contributed by atoms with Gasteiger partial charge in [0.25, 0.3) is 0 Å². The highest BCUT2D eigenvalue weighted by Gasteiger charge is 2.29. The summed E-state index contributed by atoms with van der Waals surface area (Å²) >= 11 is 0. The number of hydrogen-bond donors (Lipinski definition) is 1. The van der Waals surface area contributed by atoms with Gasteiger partial charge in [0, 0.05) is 18.8 Å². The second-order valence-corrected chi connectivity index (χ2v) is 5.77. The molecule has 1 N–H and O–H groups in total. The lowest BCUT2D eigenvalue weighted by atomic mass is 9.94. The van der Waals surface area contributed by atoms with Gasteiger partial charge in [0.2, 0.25) is 5.91 Å². The van der Waals surface area contributed by atoms with Gasteiger partial charge in [0.15, 0.2) is 0 Å². The summed E-state index contributed by atoms with van der Waals surface area (Å²) < 4.78 is 0. The van der Waals surface area contributed by atoms with Gasteiger partial charge in [-0.2, -0.15) is 0 Å². The number of carbonyl (C=O) groups excluding carboxylic acids is 1. The molecule has 0 spiro atoms. The van der Waals surface area contributed by atoms with Crippen molar-refractivity contribution in [1.82, 2.24) is 5.32 Å². The Balaban J connectivity index is 1.84. The van der Waals surface area contributed by atoms with Crippen LogP contribution in [0.4, 0.5) is 5.69 Å². The molecule has 2 aliphatic rings. The average molecular weight is 258 g/mol. The Kier molecular flexibility index (Phi) is 3.56. The number of piperidine rings is 1. The minimum absolute atomic E-state index is 0.168. The summed E-state index contributed by atoms with van der Waals surface area (Å²) in [6.07, 6.45) is 4.33. The molecular weight excluding hydrogens is 236 g/mol. The van der Waals surface area contributed by atoms with Crippen molar-refractivity contribution in [3.63, 3.8) is 0 Å². The Bertz CT molecular complexity index is 478. The highest BCUT2D eigenvalue weighted by molar-refractivity contribution is 5.96. The van der Waals surface area contributed by atoms with Crippen molar-refractivity contribution in [2.24, 2.45) is 5.92 Å². The molecule has 0 aliphatic carbocycles. The van der Waals surface area contributed by atoms with E-state index < -0.39 is 0 Å². The number of amides is 1. The summed E-state index contributed by atoms with van der Waals surface area (Å²) in [5, 5.41) is 3.34. The summed E-state index contributed by atoms with van der Waals surface area (Å²) in [6.45, 7) is 4.90. The van der Waals surface area contributed by atoms with E-state index in [2.05, 4.69) is 30.4 Å². The van der Waals surface area contributed by atoms with Crippen LogP contribution in [-0.4, -0.2) is 25.5 Å². The van der Waals surface area contributed by atoms with Gasteiger partial charge in [-0.3, -0.25) is 4.79 Å². The van der Waals surface area contributed by atoms with E-state index in [4.69, 9.17) is 0 Å². The number of nitrogens with one attached hydrogen (secondary N) is 1. The highest BCUT2D eigenvalue weighted by atomic mass is 16.2. The summed E-state index contributed by atoms with van der Waals surface area (Å²) in [5.74, 6) is 0.484. The monoisotopic (exact) mass is 258 g/mol. The van der Waals surface area contributed by atoms with Crippen molar-refractivity contribution in [2.45, 2.75) is 32.6 Å². The molecule has 19 heavy (non-hydrogen) atoms. The molecule has 1 unspecified atom stereocenters. The van der Waals surface area contributed by atoms with E-state index in [9.17, 15) is 4.79 Å². The first-order valence-electron chi connectivity index (χ1n) is 7.37. The third kappa shape index (κ3) is 2.52. The van der Waals surface area contributed by atoms with Crippen LogP contribution in [0, 0.1) is 12.8 Å². The van der Waals surface area contributed by atoms with E-state index in [0.29, 0.717) is 5.91 Å². The van der Waals surface area contributed by atoms with Gasteiger partial charge in [-0.15, -0.1) is 0 Å². The van der Waals surface area contributed by atoms with Crippen LogP contribution >= 0.6 is 0 Å². The Labute approximate surface area is 115 Å². The van der Waals surface area contributed by atoms with E-state index in [1.165, 1.54) is 11.1 Å². The topological polar surface area (TPSA) is 32.3 Å². The lowest BCUT2D eigenvalue weighted by Crippen LogP contribution is -2.45. The maximum absolute atomic E-state index is 12.7. The first-order valence-corrected chi connectivity index (χ1v) is 7.37. The Morgan fingerprint density at radius 2 is 2.26 bits per heavy atom. The van der Waals surface area contributed by atoms with Crippen LogP contribution in [-0.2, 0) is 11.2 Å². The fraction of sp³-hybridized carbons (Fsp3) is 0.562. The van der Waals surface area contributed by atoms with Crippen LogP contribution in [0.1, 0.15) is 30.4 Å². The molecule has 1 aromatic rings. The van der Waals surface area contributed by atoms with E-state index >= 15 is 0 Å². The van der Waals surface area contributed by atoms with E-state index in [-0.39, 0.29) is 5.92 Å². The van der Waals surface area contributed by atoms with Crippen LogP contribution in [0.2, 0.25) is 0 Å². The molecule has 1 atom stereocenters. The highest BCUT2D eigenvalue weighted by Crippen LogP contribution is 2.30. The van der Waals surface area contributed by atoms with Crippen molar-refractivity contribution in [1.29, 1.82) is 0 Å². The number of aryl methyl sites for hydroxylation is 2. The average Bonchev–Trinajstić information content (AvgIpc) is 2.46. The molecule has 102 valence electrons. The van der Waals surface area contributed by atoms with Gasteiger partial charge >= 0.3 is 0 Å². The van der Waals surface area contributed by atoms with Crippen molar-refractivity contribution in [2.75, 3.05) is 24.5 Å². The van der Waals surface area contributed by atoms with Gasteiger partial charge in [0.05, 0.1) is 5.92 Å². The van der Waals surface area contributed by atoms with Gasteiger partial charge in [-0.05, 0) is 50.8 Å². The predicted molar refractivity (Wildman–Crippen MR) is 77.4 cm³/mol. The normalized spacial score (nSPS) is 23.0. The molecule has 0 radical (unpaired) electrons. The molecule has 1 amide bonds. The number of fused-ring (bicyclic) bond motifs is 1. The third-order valence-corrected chi connectivity index (χ3v) is 4.27. The van der Waals surface area contributed by atoms with Crippen molar-refractivity contribution in [3.05, 3.63) is 29.3 Å². The maximum atomic E-state index is 12.7. The molecule has 0 aromatic heterocycles. The number of hydrogen-bond acceptors (Lipinski definition) is 2. The Morgan fingerprint density at radius 3 is 3.05 bits per heavy atom. The second-order valence-electron chi connectivity index (χ2n) is 5.77. The van der Waals surface area contributed by atoms with Crippen LogP contribution in [0.3, 0.4) is 0 Å². The smallest absolute Gasteiger partial charge is 0.231 e.